The fourth-order valence-corrected chi connectivity index (χ4v) is 2.08. The van der Waals surface area contributed by atoms with E-state index in [4.69, 9.17) is 10.9 Å². The van der Waals surface area contributed by atoms with Gasteiger partial charge in [-0.1, -0.05) is 24.2 Å². The number of hydrogen-bond acceptors (Lipinski definition) is 3. The zero-order valence-corrected chi connectivity index (χ0v) is 11.0. The molecule has 1 saturated carbocycles. The molecule has 102 valence electrons. The molecule has 1 aromatic carbocycles. The first kappa shape index (κ1) is 13.4. The Morgan fingerprint density at radius 3 is 2.42 bits per heavy atom. The molecule has 1 aromatic rings. The first-order chi connectivity index (χ1) is 9.17. The van der Waals surface area contributed by atoms with Crippen molar-refractivity contribution in [3.63, 3.8) is 0 Å². The molecular formula is C14H19N3O2. The summed E-state index contributed by atoms with van der Waals surface area (Å²) in [5, 5.41) is 11.5. The number of hydrogen-bond donors (Lipinski definition) is 2. The fourth-order valence-electron chi connectivity index (χ4n) is 2.08. The molecular weight excluding hydrogens is 242 g/mol. The average molecular weight is 261 g/mol. The highest BCUT2D eigenvalue weighted by molar-refractivity contribution is 5.99. The molecule has 0 unspecified atom stereocenters. The maximum atomic E-state index is 12.4. The smallest absolute Gasteiger partial charge is 0.254 e. The van der Waals surface area contributed by atoms with Gasteiger partial charge in [-0.15, -0.1) is 0 Å². The molecule has 0 spiro atoms. The van der Waals surface area contributed by atoms with E-state index in [-0.39, 0.29) is 11.7 Å². The van der Waals surface area contributed by atoms with Crippen LogP contribution in [0.5, 0.6) is 0 Å². The molecule has 0 radical (unpaired) electrons. The topological polar surface area (TPSA) is 78.9 Å². The van der Waals surface area contributed by atoms with E-state index >= 15 is 0 Å². The molecule has 3 N–H and O–H groups in total. The minimum atomic E-state index is 0.0478. The summed E-state index contributed by atoms with van der Waals surface area (Å²) >= 11 is 0. The fraction of sp³-hybridized carbons (Fsp3) is 0.429. The molecule has 2 rings (SSSR count). The third-order valence-corrected chi connectivity index (χ3v) is 3.25. The first-order valence-electron chi connectivity index (χ1n) is 6.56. The van der Waals surface area contributed by atoms with E-state index in [1.54, 1.807) is 24.3 Å². The summed E-state index contributed by atoms with van der Waals surface area (Å²) in [5.74, 6) is 0.113. The van der Waals surface area contributed by atoms with Crippen LogP contribution in [0, 0.1) is 0 Å². The molecule has 0 atom stereocenters. The highest BCUT2D eigenvalue weighted by atomic mass is 16.4. The van der Waals surface area contributed by atoms with E-state index in [1.165, 1.54) is 0 Å². The Labute approximate surface area is 112 Å². The summed E-state index contributed by atoms with van der Waals surface area (Å²) < 4.78 is 0. The normalized spacial score (nSPS) is 15.3. The van der Waals surface area contributed by atoms with Crippen LogP contribution in [0.4, 0.5) is 0 Å². The van der Waals surface area contributed by atoms with Crippen LogP contribution in [-0.2, 0) is 0 Å². The lowest BCUT2D eigenvalue weighted by Gasteiger charge is -2.21. The van der Waals surface area contributed by atoms with Gasteiger partial charge < -0.3 is 15.8 Å². The lowest BCUT2D eigenvalue weighted by atomic mass is 10.1. The second-order valence-corrected chi connectivity index (χ2v) is 4.79. The van der Waals surface area contributed by atoms with Crippen molar-refractivity contribution in [1.29, 1.82) is 0 Å². The van der Waals surface area contributed by atoms with E-state index in [0.29, 0.717) is 17.2 Å². The zero-order chi connectivity index (χ0) is 13.8. The first-order valence-corrected chi connectivity index (χ1v) is 6.56. The number of benzene rings is 1. The van der Waals surface area contributed by atoms with Gasteiger partial charge in [0, 0.05) is 23.7 Å². The van der Waals surface area contributed by atoms with Crippen molar-refractivity contribution >= 4 is 11.7 Å². The molecule has 1 amide bonds. The van der Waals surface area contributed by atoms with E-state index in [1.807, 2.05) is 4.90 Å². The van der Waals surface area contributed by atoms with Gasteiger partial charge in [-0.2, -0.15) is 0 Å². The summed E-state index contributed by atoms with van der Waals surface area (Å²) in [5.41, 5.74) is 6.74. The van der Waals surface area contributed by atoms with Gasteiger partial charge in [0.2, 0.25) is 0 Å². The Morgan fingerprint density at radius 1 is 1.37 bits per heavy atom. The summed E-state index contributed by atoms with van der Waals surface area (Å²) in [4.78, 5) is 14.3. The molecule has 1 aliphatic carbocycles. The van der Waals surface area contributed by atoms with Crippen LogP contribution >= 0.6 is 0 Å². The van der Waals surface area contributed by atoms with Crippen molar-refractivity contribution in [2.24, 2.45) is 10.9 Å². The molecule has 0 aromatic heterocycles. The van der Waals surface area contributed by atoms with Gasteiger partial charge in [-0.25, -0.2) is 0 Å². The van der Waals surface area contributed by atoms with E-state index in [0.717, 1.165) is 25.8 Å². The molecule has 0 heterocycles. The summed E-state index contributed by atoms with van der Waals surface area (Å²) in [7, 11) is 0. The van der Waals surface area contributed by atoms with Gasteiger partial charge in [0.1, 0.15) is 0 Å². The molecule has 0 aliphatic heterocycles. The van der Waals surface area contributed by atoms with Gasteiger partial charge in [0.15, 0.2) is 5.84 Å². The quantitative estimate of drug-likeness (QED) is 0.367. The van der Waals surface area contributed by atoms with Gasteiger partial charge in [-0.05, 0) is 31.4 Å². The maximum absolute atomic E-state index is 12.4. The number of oxime groups is 1. The van der Waals surface area contributed by atoms with Crippen LogP contribution < -0.4 is 5.73 Å². The summed E-state index contributed by atoms with van der Waals surface area (Å²) in [6.07, 6.45) is 3.17. The van der Waals surface area contributed by atoms with Crippen molar-refractivity contribution in [2.75, 3.05) is 6.54 Å². The van der Waals surface area contributed by atoms with E-state index in [9.17, 15) is 4.79 Å². The monoisotopic (exact) mass is 261 g/mol. The number of carbonyl (C=O) groups excluding carboxylic acids is 1. The second kappa shape index (κ2) is 5.73. The number of carbonyl (C=O) groups is 1. The molecule has 0 saturated heterocycles. The Morgan fingerprint density at radius 2 is 1.95 bits per heavy atom. The molecule has 1 fully saturated rings. The van der Waals surface area contributed by atoms with Crippen LogP contribution in [0.15, 0.2) is 29.4 Å². The van der Waals surface area contributed by atoms with Crippen LogP contribution in [0.2, 0.25) is 0 Å². The molecule has 5 heteroatoms. The van der Waals surface area contributed by atoms with Crippen molar-refractivity contribution in [3.8, 4) is 0 Å². The predicted molar refractivity (Wildman–Crippen MR) is 73.3 cm³/mol. The zero-order valence-electron chi connectivity index (χ0n) is 11.0. The summed E-state index contributed by atoms with van der Waals surface area (Å²) in [6.45, 7) is 2.87. The summed E-state index contributed by atoms with van der Waals surface area (Å²) in [6, 6.07) is 7.25. The Hall–Kier alpha value is -2.04. The molecule has 1 aliphatic rings. The van der Waals surface area contributed by atoms with Crippen LogP contribution in [0.25, 0.3) is 0 Å². The van der Waals surface area contributed by atoms with E-state index < -0.39 is 0 Å². The lowest BCUT2D eigenvalue weighted by Crippen LogP contribution is -2.33. The largest absolute Gasteiger partial charge is 0.409 e. The van der Waals surface area contributed by atoms with Gasteiger partial charge >= 0.3 is 0 Å². The number of amides is 1. The highest BCUT2D eigenvalue weighted by Crippen LogP contribution is 2.28. The third-order valence-electron chi connectivity index (χ3n) is 3.25. The Balaban J connectivity index is 2.14. The van der Waals surface area contributed by atoms with Crippen LogP contribution in [-0.4, -0.2) is 34.4 Å². The third kappa shape index (κ3) is 3.05. The average Bonchev–Trinajstić information content (AvgIpc) is 3.28. The number of amidine groups is 1. The maximum Gasteiger partial charge on any atom is 0.254 e. The van der Waals surface area contributed by atoms with Crippen LogP contribution in [0.3, 0.4) is 0 Å². The van der Waals surface area contributed by atoms with E-state index in [2.05, 4.69) is 12.1 Å². The van der Waals surface area contributed by atoms with Gasteiger partial charge in [-0.3, -0.25) is 4.79 Å². The SMILES string of the molecule is CCCN(C(=O)c1ccc(/C(N)=N/O)cc1)C1CC1. The molecule has 0 bridgehead atoms. The Kier molecular flexibility index (Phi) is 4.04. The molecule has 19 heavy (non-hydrogen) atoms. The number of rotatable bonds is 5. The predicted octanol–water partition coefficient (Wildman–Crippen LogP) is 1.80. The molecule has 5 nitrogen and oxygen atoms in total. The minimum absolute atomic E-state index is 0.0478. The lowest BCUT2D eigenvalue weighted by molar-refractivity contribution is 0.0743. The Bertz CT molecular complexity index is 478. The van der Waals surface area contributed by atoms with Crippen molar-refractivity contribution in [1.82, 2.24) is 4.90 Å². The number of nitrogens with zero attached hydrogens (tertiary/aromatic N) is 2. The van der Waals surface area contributed by atoms with Crippen molar-refractivity contribution in [2.45, 2.75) is 32.2 Å². The van der Waals surface area contributed by atoms with Gasteiger partial charge in [0.25, 0.3) is 5.91 Å². The number of nitrogens with two attached hydrogens (primary N) is 1. The minimum Gasteiger partial charge on any atom is -0.409 e. The highest BCUT2D eigenvalue weighted by Gasteiger charge is 2.32. The standard InChI is InChI=1S/C14H19N3O2/c1-2-9-17(12-7-8-12)14(18)11-5-3-10(4-6-11)13(15)16-19/h3-6,12,19H,2,7-9H2,1H3,(H2,15,16). The van der Waals surface area contributed by atoms with Crippen molar-refractivity contribution < 1.29 is 10.0 Å². The van der Waals surface area contributed by atoms with Gasteiger partial charge in [0.05, 0.1) is 0 Å². The van der Waals surface area contributed by atoms with Crippen molar-refractivity contribution in [3.05, 3.63) is 35.4 Å². The second-order valence-electron chi connectivity index (χ2n) is 4.79. The van der Waals surface area contributed by atoms with Crippen LogP contribution in [0.1, 0.15) is 42.1 Å².